The Bertz CT molecular complexity index is 660. The Morgan fingerprint density at radius 2 is 1.92 bits per heavy atom. The fraction of sp³-hybridized carbons (Fsp3) is 0.500. The molecular weight excluding hydrogens is 325 g/mol. The number of rotatable bonds is 7. The minimum Gasteiger partial charge on any atom is -0.355 e. The predicted octanol–water partition coefficient (Wildman–Crippen LogP) is 2.15. The Labute approximate surface area is 146 Å². The van der Waals surface area contributed by atoms with E-state index in [1.807, 2.05) is 13.8 Å². The molecule has 6 nitrogen and oxygen atoms in total. The fourth-order valence-corrected chi connectivity index (χ4v) is 2.84. The second-order valence-corrected chi connectivity index (χ2v) is 6.62. The van der Waals surface area contributed by atoms with Crippen LogP contribution in [0.3, 0.4) is 0 Å². The van der Waals surface area contributed by atoms with Crippen LogP contribution in [0.1, 0.15) is 39.2 Å². The number of nitrogens with one attached hydrogen (secondary N) is 2. The van der Waals surface area contributed by atoms with E-state index in [4.69, 9.17) is 0 Å². The number of amides is 4. The lowest BCUT2D eigenvalue weighted by molar-refractivity contribution is -0.135. The number of imide groups is 1. The molecule has 0 radical (unpaired) electrons. The Kier molecular flexibility index (Phi) is 5.77. The molecule has 1 atom stereocenters. The Balaban J connectivity index is 2.12. The van der Waals surface area contributed by atoms with Crippen LogP contribution in [0.15, 0.2) is 24.3 Å². The van der Waals surface area contributed by atoms with Crippen molar-refractivity contribution >= 4 is 17.8 Å². The van der Waals surface area contributed by atoms with E-state index in [-0.39, 0.29) is 12.5 Å². The quantitative estimate of drug-likeness (QED) is 0.741. The molecule has 1 aromatic carbocycles. The molecule has 0 aromatic heterocycles. The number of carbonyl (C=O) groups is 3. The van der Waals surface area contributed by atoms with Crippen LogP contribution in [-0.2, 0) is 15.1 Å². The number of urea groups is 1. The van der Waals surface area contributed by atoms with E-state index in [0.717, 1.165) is 11.3 Å². The van der Waals surface area contributed by atoms with Crippen LogP contribution in [0.5, 0.6) is 0 Å². The summed E-state index contributed by atoms with van der Waals surface area (Å²) in [4.78, 5) is 38.0. The average molecular weight is 349 g/mol. The molecule has 2 N–H and O–H groups in total. The highest BCUT2D eigenvalue weighted by Crippen LogP contribution is 2.32. The van der Waals surface area contributed by atoms with Gasteiger partial charge in [0.2, 0.25) is 5.91 Å². The molecule has 1 fully saturated rings. The van der Waals surface area contributed by atoms with Gasteiger partial charge in [-0.15, -0.1) is 0 Å². The fourth-order valence-electron chi connectivity index (χ4n) is 2.84. The van der Waals surface area contributed by atoms with Gasteiger partial charge in [-0.25, -0.2) is 9.18 Å². The molecule has 25 heavy (non-hydrogen) atoms. The van der Waals surface area contributed by atoms with Crippen LogP contribution >= 0.6 is 0 Å². The molecule has 1 heterocycles. The van der Waals surface area contributed by atoms with Gasteiger partial charge in [0.15, 0.2) is 0 Å². The van der Waals surface area contributed by atoms with Crippen molar-refractivity contribution in [2.75, 3.05) is 13.1 Å². The highest BCUT2D eigenvalue weighted by Gasteiger charge is 2.51. The molecular formula is C18H24FN3O3. The third-order valence-electron chi connectivity index (χ3n) is 4.39. The van der Waals surface area contributed by atoms with Crippen LogP contribution in [-0.4, -0.2) is 35.8 Å². The molecule has 1 saturated heterocycles. The van der Waals surface area contributed by atoms with Gasteiger partial charge >= 0.3 is 6.03 Å². The van der Waals surface area contributed by atoms with Crippen molar-refractivity contribution in [3.8, 4) is 0 Å². The molecule has 136 valence electrons. The summed E-state index contributed by atoms with van der Waals surface area (Å²) in [5, 5.41) is 5.38. The highest BCUT2D eigenvalue weighted by molar-refractivity contribution is 6.09. The second kappa shape index (κ2) is 7.63. The smallest absolute Gasteiger partial charge is 0.325 e. The molecule has 1 unspecified atom stereocenters. The van der Waals surface area contributed by atoms with E-state index in [1.54, 1.807) is 6.92 Å². The zero-order chi connectivity index (χ0) is 18.6. The summed E-state index contributed by atoms with van der Waals surface area (Å²) in [6.45, 7) is 6.01. The van der Waals surface area contributed by atoms with Gasteiger partial charge < -0.3 is 10.6 Å². The first-order valence-corrected chi connectivity index (χ1v) is 8.47. The number of carbonyl (C=O) groups excluding carboxylic acids is 3. The lowest BCUT2D eigenvalue weighted by Crippen LogP contribution is -2.45. The van der Waals surface area contributed by atoms with E-state index in [9.17, 15) is 18.8 Å². The molecule has 0 bridgehead atoms. The molecule has 1 aliphatic heterocycles. The van der Waals surface area contributed by atoms with E-state index >= 15 is 0 Å². The summed E-state index contributed by atoms with van der Waals surface area (Å²) in [5.41, 5.74) is -0.763. The first-order chi connectivity index (χ1) is 11.8. The Morgan fingerprint density at radius 3 is 2.48 bits per heavy atom. The van der Waals surface area contributed by atoms with Gasteiger partial charge in [-0.3, -0.25) is 14.5 Å². The first kappa shape index (κ1) is 18.9. The van der Waals surface area contributed by atoms with Gasteiger partial charge in [0.1, 0.15) is 17.9 Å². The Morgan fingerprint density at radius 1 is 1.28 bits per heavy atom. The van der Waals surface area contributed by atoms with Gasteiger partial charge in [0, 0.05) is 6.54 Å². The first-order valence-electron chi connectivity index (χ1n) is 8.47. The van der Waals surface area contributed by atoms with Crippen LogP contribution < -0.4 is 10.6 Å². The summed E-state index contributed by atoms with van der Waals surface area (Å²) in [5.74, 6) is -0.850. The van der Waals surface area contributed by atoms with Crippen molar-refractivity contribution < 1.29 is 18.8 Å². The lowest BCUT2D eigenvalue weighted by Gasteiger charge is -2.25. The highest BCUT2D eigenvalue weighted by atomic mass is 19.1. The van der Waals surface area contributed by atoms with Crippen molar-refractivity contribution in [2.24, 2.45) is 5.92 Å². The van der Waals surface area contributed by atoms with Gasteiger partial charge in [-0.2, -0.15) is 0 Å². The van der Waals surface area contributed by atoms with E-state index in [0.29, 0.717) is 24.4 Å². The minimum atomic E-state index is -1.26. The molecule has 0 saturated carbocycles. The third-order valence-corrected chi connectivity index (χ3v) is 4.39. The van der Waals surface area contributed by atoms with Crippen molar-refractivity contribution in [1.82, 2.24) is 15.5 Å². The van der Waals surface area contributed by atoms with Gasteiger partial charge in [-0.05, 0) is 36.5 Å². The number of benzene rings is 1. The summed E-state index contributed by atoms with van der Waals surface area (Å²) < 4.78 is 13.2. The predicted molar refractivity (Wildman–Crippen MR) is 91.1 cm³/mol. The zero-order valence-electron chi connectivity index (χ0n) is 14.8. The lowest BCUT2D eigenvalue weighted by atomic mass is 9.87. The maximum absolute atomic E-state index is 13.2. The summed E-state index contributed by atoms with van der Waals surface area (Å²) in [6.07, 6.45) is 1.12. The van der Waals surface area contributed by atoms with Crippen molar-refractivity contribution in [1.29, 1.82) is 0 Å². The number of hydrogen-bond acceptors (Lipinski definition) is 3. The SMILES string of the molecule is CCC1(c2ccc(F)cc2)NC(=O)N(CC(=O)NCCC(C)C)C1=O. The maximum atomic E-state index is 13.2. The van der Waals surface area contributed by atoms with E-state index < -0.39 is 23.3 Å². The van der Waals surface area contributed by atoms with E-state index in [1.165, 1.54) is 24.3 Å². The molecule has 1 aromatic rings. The second-order valence-electron chi connectivity index (χ2n) is 6.62. The van der Waals surface area contributed by atoms with E-state index in [2.05, 4.69) is 10.6 Å². The topological polar surface area (TPSA) is 78.5 Å². The normalized spacial score (nSPS) is 20.1. The number of nitrogens with zero attached hydrogens (tertiary/aromatic N) is 1. The summed E-state index contributed by atoms with van der Waals surface area (Å²) in [6, 6.07) is 4.82. The largest absolute Gasteiger partial charge is 0.355 e. The number of halogens is 1. The van der Waals surface area contributed by atoms with Crippen LogP contribution in [0.4, 0.5) is 9.18 Å². The monoisotopic (exact) mass is 349 g/mol. The standard InChI is InChI=1S/C18H24FN3O3/c1-4-18(13-5-7-14(19)8-6-13)16(24)22(17(25)21-18)11-15(23)20-10-9-12(2)3/h5-8,12H,4,9-11H2,1-3H3,(H,20,23)(H,21,25). The zero-order valence-corrected chi connectivity index (χ0v) is 14.8. The molecule has 2 rings (SSSR count). The van der Waals surface area contributed by atoms with Gasteiger partial charge in [0.05, 0.1) is 0 Å². The van der Waals surface area contributed by atoms with Crippen LogP contribution in [0.2, 0.25) is 0 Å². The van der Waals surface area contributed by atoms with Crippen LogP contribution in [0, 0.1) is 11.7 Å². The van der Waals surface area contributed by atoms with Gasteiger partial charge in [-0.1, -0.05) is 32.9 Å². The summed E-state index contributed by atoms with van der Waals surface area (Å²) in [7, 11) is 0. The van der Waals surface area contributed by atoms with Crippen LogP contribution in [0.25, 0.3) is 0 Å². The molecule has 4 amide bonds. The number of hydrogen-bond donors (Lipinski definition) is 2. The molecule has 0 aliphatic carbocycles. The molecule has 0 spiro atoms. The minimum absolute atomic E-state index is 0.300. The van der Waals surface area contributed by atoms with Gasteiger partial charge in [0.25, 0.3) is 5.91 Å². The molecule has 1 aliphatic rings. The maximum Gasteiger partial charge on any atom is 0.325 e. The summed E-state index contributed by atoms with van der Waals surface area (Å²) >= 11 is 0. The average Bonchev–Trinajstić information content (AvgIpc) is 2.80. The Hall–Kier alpha value is -2.44. The van der Waals surface area contributed by atoms with Crippen molar-refractivity contribution in [2.45, 2.75) is 39.2 Å². The third kappa shape index (κ3) is 3.97. The molecule has 7 heteroatoms. The van der Waals surface area contributed by atoms with Crippen molar-refractivity contribution in [3.63, 3.8) is 0 Å². The van der Waals surface area contributed by atoms with Crippen molar-refractivity contribution in [3.05, 3.63) is 35.6 Å².